The van der Waals surface area contributed by atoms with Crippen LogP contribution in [0.4, 0.5) is 0 Å². The van der Waals surface area contributed by atoms with Crippen LogP contribution in [0.1, 0.15) is 24.9 Å². The molecule has 0 aliphatic heterocycles. The van der Waals surface area contributed by atoms with E-state index in [1.165, 1.54) is 0 Å². The van der Waals surface area contributed by atoms with Gasteiger partial charge < -0.3 is 10.5 Å². The van der Waals surface area contributed by atoms with Crippen molar-refractivity contribution < 1.29 is 4.74 Å². The molecule has 0 aromatic heterocycles. The zero-order valence-corrected chi connectivity index (χ0v) is 9.42. The Bertz CT molecular complexity index is 368. The van der Waals surface area contributed by atoms with E-state index >= 15 is 0 Å². The van der Waals surface area contributed by atoms with Gasteiger partial charge in [0.2, 0.25) is 0 Å². The summed E-state index contributed by atoms with van der Waals surface area (Å²) in [6, 6.07) is 5.51. The fourth-order valence-electron chi connectivity index (χ4n) is 1.14. The Kier molecular flexibility index (Phi) is 4.48. The molecule has 0 bridgehead atoms. The molecule has 2 N–H and O–H groups in total. The van der Waals surface area contributed by atoms with Gasteiger partial charge in [-0.05, 0) is 24.6 Å². The molecule has 0 amide bonds. The van der Waals surface area contributed by atoms with Crippen LogP contribution in [0, 0.1) is 12.3 Å². The quantitative estimate of drug-likeness (QED) is 0.629. The van der Waals surface area contributed by atoms with Crippen LogP contribution < -0.4 is 10.5 Å². The largest absolute Gasteiger partial charge is 0.491 e. The highest BCUT2D eigenvalue weighted by Gasteiger charge is 2.05. The number of hydrogen-bond donors (Lipinski definition) is 1. The maximum absolute atomic E-state index is 6.02. The van der Waals surface area contributed by atoms with Crippen LogP contribution in [0.3, 0.4) is 0 Å². The van der Waals surface area contributed by atoms with Crippen LogP contribution in [0.5, 0.6) is 5.75 Å². The average molecular weight is 224 g/mol. The van der Waals surface area contributed by atoms with Gasteiger partial charge in [0.1, 0.15) is 5.75 Å². The molecule has 1 aromatic carbocycles. The van der Waals surface area contributed by atoms with Gasteiger partial charge >= 0.3 is 0 Å². The van der Waals surface area contributed by atoms with Gasteiger partial charge in [0.25, 0.3) is 0 Å². The molecule has 80 valence electrons. The molecule has 0 aliphatic rings. The van der Waals surface area contributed by atoms with E-state index < -0.39 is 0 Å². The summed E-state index contributed by atoms with van der Waals surface area (Å²) >= 11 is 6.02. The summed E-state index contributed by atoms with van der Waals surface area (Å²) in [5.41, 5.74) is 6.72. The first-order valence-electron chi connectivity index (χ1n) is 4.76. The predicted octanol–water partition coefficient (Wildman–Crippen LogP) is 2.76. The minimum atomic E-state index is -0.0257. The first-order chi connectivity index (χ1) is 7.15. The monoisotopic (exact) mass is 223 g/mol. The van der Waals surface area contributed by atoms with Gasteiger partial charge in [-0.1, -0.05) is 17.7 Å². The molecule has 0 radical (unpaired) electrons. The number of rotatable bonds is 4. The molecule has 2 nitrogen and oxygen atoms in total. The summed E-state index contributed by atoms with van der Waals surface area (Å²) in [5.74, 6) is 3.15. The van der Waals surface area contributed by atoms with Crippen LogP contribution in [0.25, 0.3) is 0 Å². The van der Waals surface area contributed by atoms with E-state index in [0.717, 1.165) is 5.56 Å². The zero-order valence-electron chi connectivity index (χ0n) is 8.66. The molecule has 0 saturated heterocycles. The van der Waals surface area contributed by atoms with E-state index in [4.69, 9.17) is 28.5 Å². The van der Waals surface area contributed by atoms with Crippen molar-refractivity contribution in [2.24, 2.45) is 5.73 Å². The molecule has 0 unspecified atom stereocenters. The summed E-state index contributed by atoms with van der Waals surface area (Å²) in [7, 11) is 0. The SMILES string of the molecule is C#CCCOc1ccc([C@@H](C)N)cc1Cl. The van der Waals surface area contributed by atoms with Crippen molar-refractivity contribution in [1.29, 1.82) is 0 Å². The van der Waals surface area contributed by atoms with Gasteiger partial charge in [0.15, 0.2) is 0 Å². The van der Waals surface area contributed by atoms with Gasteiger partial charge in [-0.15, -0.1) is 12.3 Å². The second-order valence-corrected chi connectivity index (χ2v) is 3.69. The van der Waals surface area contributed by atoms with E-state index in [9.17, 15) is 0 Å². The normalized spacial score (nSPS) is 11.9. The van der Waals surface area contributed by atoms with Crippen molar-refractivity contribution in [3.63, 3.8) is 0 Å². The molecule has 0 heterocycles. The topological polar surface area (TPSA) is 35.2 Å². The molecule has 3 heteroatoms. The van der Waals surface area contributed by atoms with Crippen molar-refractivity contribution in [2.75, 3.05) is 6.61 Å². The highest BCUT2D eigenvalue weighted by atomic mass is 35.5. The van der Waals surface area contributed by atoms with E-state index in [2.05, 4.69) is 5.92 Å². The third kappa shape index (κ3) is 3.47. The lowest BCUT2D eigenvalue weighted by molar-refractivity contribution is 0.327. The number of hydrogen-bond acceptors (Lipinski definition) is 2. The van der Waals surface area contributed by atoms with Crippen LogP contribution in [-0.2, 0) is 0 Å². The van der Waals surface area contributed by atoms with Gasteiger partial charge in [-0.2, -0.15) is 0 Å². The standard InChI is InChI=1S/C12H14ClNO/c1-3-4-7-15-12-6-5-10(9(2)14)8-11(12)13/h1,5-6,8-9H,4,7,14H2,2H3/t9-/m1/s1. The second kappa shape index (κ2) is 5.65. The molecule has 0 saturated carbocycles. The van der Waals surface area contributed by atoms with Crippen LogP contribution >= 0.6 is 11.6 Å². The Morgan fingerprint density at radius 1 is 1.60 bits per heavy atom. The molecule has 15 heavy (non-hydrogen) atoms. The summed E-state index contributed by atoms with van der Waals surface area (Å²) in [4.78, 5) is 0. The van der Waals surface area contributed by atoms with Crippen LogP contribution in [0.15, 0.2) is 18.2 Å². The van der Waals surface area contributed by atoms with Crippen molar-refractivity contribution in [1.82, 2.24) is 0 Å². The molecule has 1 rings (SSSR count). The first-order valence-corrected chi connectivity index (χ1v) is 5.14. The maximum atomic E-state index is 6.02. The number of ether oxygens (including phenoxy) is 1. The lowest BCUT2D eigenvalue weighted by atomic mass is 10.1. The zero-order chi connectivity index (χ0) is 11.3. The average Bonchev–Trinajstić information content (AvgIpc) is 2.20. The van der Waals surface area contributed by atoms with Crippen molar-refractivity contribution in [3.05, 3.63) is 28.8 Å². The second-order valence-electron chi connectivity index (χ2n) is 3.28. The first kappa shape index (κ1) is 11.9. The van der Waals surface area contributed by atoms with Crippen molar-refractivity contribution in [2.45, 2.75) is 19.4 Å². The Morgan fingerprint density at radius 2 is 2.33 bits per heavy atom. The number of terminal acetylenes is 1. The summed E-state index contributed by atoms with van der Waals surface area (Å²) in [5, 5.41) is 0.571. The van der Waals surface area contributed by atoms with E-state index in [0.29, 0.717) is 23.8 Å². The highest BCUT2D eigenvalue weighted by Crippen LogP contribution is 2.27. The molecule has 0 fully saturated rings. The number of benzene rings is 1. The molecule has 1 aromatic rings. The van der Waals surface area contributed by atoms with Gasteiger partial charge in [-0.3, -0.25) is 0 Å². The summed E-state index contributed by atoms with van der Waals surface area (Å²) in [6.07, 6.45) is 5.69. The Hall–Kier alpha value is -1.17. The van der Waals surface area contributed by atoms with Crippen molar-refractivity contribution in [3.8, 4) is 18.1 Å². The lowest BCUT2D eigenvalue weighted by Crippen LogP contribution is -2.05. The van der Waals surface area contributed by atoms with Crippen LogP contribution in [-0.4, -0.2) is 6.61 Å². The fourth-order valence-corrected chi connectivity index (χ4v) is 1.38. The van der Waals surface area contributed by atoms with Gasteiger partial charge in [0.05, 0.1) is 11.6 Å². The van der Waals surface area contributed by atoms with E-state index in [1.807, 2.05) is 25.1 Å². The fraction of sp³-hybridized carbons (Fsp3) is 0.333. The van der Waals surface area contributed by atoms with Crippen molar-refractivity contribution >= 4 is 11.6 Å². The number of nitrogens with two attached hydrogens (primary N) is 1. The molecule has 1 atom stereocenters. The third-order valence-electron chi connectivity index (χ3n) is 1.99. The molecular weight excluding hydrogens is 210 g/mol. The van der Waals surface area contributed by atoms with Gasteiger partial charge in [0, 0.05) is 12.5 Å². The Balaban J connectivity index is 2.71. The Labute approximate surface area is 95.4 Å². The smallest absolute Gasteiger partial charge is 0.137 e. The predicted molar refractivity (Wildman–Crippen MR) is 63.0 cm³/mol. The summed E-state index contributed by atoms with van der Waals surface area (Å²) in [6.45, 7) is 2.39. The molecule has 0 aliphatic carbocycles. The van der Waals surface area contributed by atoms with Gasteiger partial charge in [-0.25, -0.2) is 0 Å². The molecule has 0 spiro atoms. The molecular formula is C12H14ClNO. The lowest BCUT2D eigenvalue weighted by Gasteiger charge is -2.10. The van der Waals surface area contributed by atoms with E-state index in [-0.39, 0.29) is 6.04 Å². The number of halogens is 1. The Morgan fingerprint density at radius 3 is 2.87 bits per heavy atom. The minimum Gasteiger partial charge on any atom is -0.491 e. The van der Waals surface area contributed by atoms with E-state index in [1.54, 1.807) is 0 Å². The minimum absolute atomic E-state index is 0.0257. The third-order valence-corrected chi connectivity index (χ3v) is 2.28. The maximum Gasteiger partial charge on any atom is 0.137 e. The summed E-state index contributed by atoms with van der Waals surface area (Å²) < 4.78 is 5.40. The highest BCUT2D eigenvalue weighted by molar-refractivity contribution is 6.32. The van der Waals surface area contributed by atoms with Crippen LogP contribution in [0.2, 0.25) is 5.02 Å².